The summed E-state index contributed by atoms with van der Waals surface area (Å²) in [6.45, 7) is 7.66. The molecule has 0 bridgehead atoms. The van der Waals surface area contributed by atoms with Crippen molar-refractivity contribution in [3.8, 4) is 11.5 Å². The molecule has 1 aromatic carbocycles. The Bertz CT molecular complexity index is 820. The molecule has 1 aliphatic heterocycles. The first-order chi connectivity index (χ1) is 12.4. The zero-order chi connectivity index (χ0) is 18.7. The molecule has 0 spiro atoms. The lowest BCUT2D eigenvalue weighted by Crippen LogP contribution is -2.18. The van der Waals surface area contributed by atoms with Gasteiger partial charge in [-0.2, -0.15) is 0 Å². The maximum Gasteiger partial charge on any atom is 0.265 e. The van der Waals surface area contributed by atoms with Gasteiger partial charge in [0.1, 0.15) is 9.32 Å². The van der Waals surface area contributed by atoms with Gasteiger partial charge < -0.3 is 19.2 Å². The Morgan fingerprint density at radius 3 is 2.62 bits per heavy atom. The fourth-order valence-electron chi connectivity index (χ4n) is 3.16. The quantitative estimate of drug-likeness (QED) is 0.638. The van der Waals surface area contributed by atoms with Crippen LogP contribution in [-0.4, -0.2) is 24.3 Å². The first kappa shape index (κ1) is 19.4. The van der Waals surface area contributed by atoms with E-state index in [1.165, 1.54) is 0 Å². The Labute approximate surface area is 167 Å². The Kier molecular flexibility index (Phi) is 6.37. The molecule has 6 heteroatoms. The van der Waals surface area contributed by atoms with Gasteiger partial charge in [-0.15, -0.1) is 0 Å². The van der Waals surface area contributed by atoms with Gasteiger partial charge in [0, 0.05) is 17.9 Å². The number of nitrogens with one attached hydrogen (secondary N) is 1. The van der Waals surface area contributed by atoms with Crippen molar-refractivity contribution < 1.29 is 14.2 Å². The minimum absolute atomic E-state index is 0.148. The van der Waals surface area contributed by atoms with Gasteiger partial charge in [0.2, 0.25) is 0 Å². The van der Waals surface area contributed by atoms with Crippen LogP contribution in [0.15, 0.2) is 23.0 Å². The van der Waals surface area contributed by atoms with E-state index in [0.717, 1.165) is 47.6 Å². The molecule has 0 radical (unpaired) electrons. The van der Waals surface area contributed by atoms with Crippen molar-refractivity contribution in [2.45, 2.75) is 46.3 Å². The van der Waals surface area contributed by atoms with Crippen LogP contribution in [0.1, 0.15) is 35.2 Å². The number of benzene rings is 1. The molecule has 1 atom stereocenters. The van der Waals surface area contributed by atoms with Gasteiger partial charge in [-0.25, -0.2) is 0 Å². The molecule has 2 aromatic rings. The third kappa shape index (κ3) is 4.66. The highest BCUT2D eigenvalue weighted by Crippen LogP contribution is 2.31. The molecule has 2 heterocycles. The lowest BCUT2D eigenvalue weighted by molar-refractivity contribution is 0.00991. The molecule has 1 N–H and O–H groups in total. The fourth-order valence-corrected chi connectivity index (χ4v) is 3.74. The number of hydrogen-bond acceptors (Lipinski definition) is 4. The van der Waals surface area contributed by atoms with Crippen molar-refractivity contribution in [3.63, 3.8) is 0 Å². The van der Waals surface area contributed by atoms with Gasteiger partial charge in [-0.1, -0.05) is 6.07 Å². The van der Waals surface area contributed by atoms with E-state index in [2.05, 4.69) is 11.1 Å². The number of aryl methyl sites for hydroxylation is 3. The summed E-state index contributed by atoms with van der Waals surface area (Å²) in [7, 11) is 0. The first-order valence-corrected chi connectivity index (χ1v) is 9.88. The predicted octanol–water partition coefficient (Wildman–Crippen LogP) is 4.39. The maximum absolute atomic E-state index is 12.2. The minimum atomic E-state index is -0.148. The second-order valence-electron chi connectivity index (χ2n) is 6.78. The summed E-state index contributed by atoms with van der Waals surface area (Å²) < 4.78 is 18.2. The van der Waals surface area contributed by atoms with Gasteiger partial charge in [-0.05, 0) is 79.5 Å². The smallest absolute Gasteiger partial charge is 0.265 e. The Morgan fingerprint density at radius 2 is 1.96 bits per heavy atom. The third-order valence-electron chi connectivity index (χ3n) is 4.42. The van der Waals surface area contributed by atoms with Crippen molar-refractivity contribution in [3.05, 3.63) is 54.5 Å². The van der Waals surface area contributed by atoms with Gasteiger partial charge >= 0.3 is 0 Å². The zero-order valence-corrected chi connectivity index (χ0v) is 17.5. The minimum Gasteiger partial charge on any atom is -0.456 e. The molecule has 0 saturated carbocycles. The van der Waals surface area contributed by atoms with Crippen LogP contribution in [0.2, 0.25) is 0 Å². The van der Waals surface area contributed by atoms with Crippen molar-refractivity contribution in [1.82, 2.24) is 4.98 Å². The average Bonchev–Trinajstić information content (AvgIpc) is 3.07. The zero-order valence-electron chi connectivity index (χ0n) is 15.4. The standard InChI is InChI=1S/C20H24INO4/c1-12-7-13(2)9-16(8-12)26-19-17(14(3)22-20(23)18(19)21)11-24-10-15-5-4-6-25-15/h7-9,15H,4-6,10-11H2,1-3H3,(H,22,23). The van der Waals surface area contributed by atoms with E-state index in [-0.39, 0.29) is 11.7 Å². The summed E-state index contributed by atoms with van der Waals surface area (Å²) in [6, 6.07) is 6.03. The van der Waals surface area contributed by atoms with Crippen LogP contribution >= 0.6 is 22.6 Å². The molecule has 0 aliphatic carbocycles. The topological polar surface area (TPSA) is 60.6 Å². The monoisotopic (exact) mass is 469 g/mol. The van der Waals surface area contributed by atoms with Crippen molar-refractivity contribution in [1.29, 1.82) is 0 Å². The normalized spacial score (nSPS) is 16.8. The maximum atomic E-state index is 12.2. The number of aromatic nitrogens is 1. The number of rotatable bonds is 6. The Balaban J connectivity index is 1.85. The Morgan fingerprint density at radius 1 is 1.23 bits per heavy atom. The average molecular weight is 469 g/mol. The van der Waals surface area contributed by atoms with Crippen LogP contribution in [0.5, 0.6) is 11.5 Å². The highest BCUT2D eigenvalue weighted by atomic mass is 127. The molecular formula is C20H24INO4. The summed E-state index contributed by atoms with van der Waals surface area (Å²) in [5.74, 6) is 1.30. The lowest BCUT2D eigenvalue weighted by Gasteiger charge is -2.17. The summed E-state index contributed by atoms with van der Waals surface area (Å²) in [5, 5.41) is 0. The van der Waals surface area contributed by atoms with E-state index in [9.17, 15) is 4.79 Å². The highest BCUT2D eigenvalue weighted by Gasteiger charge is 2.19. The van der Waals surface area contributed by atoms with Crippen LogP contribution in [0, 0.1) is 24.3 Å². The molecule has 1 aromatic heterocycles. The number of hydrogen-bond donors (Lipinski definition) is 1. The Hall–Kier alpha value is -1.38. The third-order valence-corrected chi connectivity index (χ3v) is 5.40. The van der Waals surface area contributed by atoms with Crippen LogP contribution < -0.4 is 10.3 Å². The van der Waals surface area contributed by atoms with E-state index < -0.39 is 0 Å². The highest BCUT2D eigenvalue weighted by molar-refractivity contribution is 14.1. The SMILES string of the molecule is Cc1cc(C)cc(Oc2c(COCC3CCCO3)c(C)[nH]c(=O)c2I)c1. The largest absolute Gasteiger partial charge is 0.456 e. The molecule has 0 amide bonds. The molecular weight excluding hydrogens is 445 g/mol. The number of pyridine rings is 1. The number of H-pyrrole nitrogens is 1. The molecule has 140 valence electrons. The first-order valence-electron chi connectivity index (χ1n) is 8.81. The molecule has 5 nitrogen and oxygen atoms in total. The van der Waals surface area contributed by atoms with Gasteiger partial charge in [-0.3, -0.25) is 4.79 Å². The summed E-state index contributed by atoms with van der Waals surface area (Å²) in [5.41, 5.74) is 3.72. The van der Waals surface area contributed by atoms with E-state index in [4.69, 9.17) is 14.2 Å². The van der Waals surface area contributed by atoms with E-state index >= 15 is 0 Å². The van der Waals surface area contributed by atoms with E-state index in [1.807, 2.05) is 55.5 Å². The molecule has 3 rings (SSSR count). The summed E-state index contributed by atoms with van der Waals surface area (Å²) >= 11 is 2.03. The number of ether oxygens (including phenoxy) is 3. The van der Waals surface area contributed by atoms with E-state index in [1.54, 1.807) is 0 Å². The molecule has 1 fully saturated rings. The predicted molar refractivity (Wildman–Crippen MR) is 109 cm³/mol. The van der Waals surface area contributed by atoms with Gasteiger partial charge in [0.25, 0.3) is 5.56 Å². The van der Waals surface area contributed by atoms with E-state index in [0.29, 0.717) is 22.5 Å². The van der Waals surface area contributed by atoms with Gasteiger partial charge in [0.05, 0.1) is 19.3 Å². The number of aromatic amines is 1. The van der Waals surface area contributed by atoms with Crippen LogP contribution in [0.4, 0.5) is 0 Å². The van der Waals surface area contributed by atoms with Crippen LogP contribution in [-0.2, 0) is 16.1 Å². The van der Waals surface area contributed by atoms with Crippen LogP contribution in [0.25, 0.3) is 0 Å². The van der Waals surface area contributed by atoms with Crippen molar-refractivity contribution >= 4 is 22.6 Å². The summed E-state index contributed by atoms with van der Waals surface area (Å²) in [6.07, 6.45) is 2.29. The lowest BCUT2D eigenvalue weighted by atomic mass is 10.1. The molecule has 1 saturated heterocycles. The fraction of sp³-hybridized carbons (Fsp3) is 0.450. The molecule has 1 aliphatic rings. The second kappa shape index (κ2) is 8.54. The van der Waals surface area contributed by atoms with Crippen LogP contribution in [0.3, 0.4) is 0 Å². The van der Waals surface area contributed by atoms with Crippen molar-refractivity contribution in [2.75, 3.05) is 13.2 Å². The molecule has 26 heavy (non-hydrogen) atoms. The van der Waals surface area contributed by atoms with Crippen molar-refractivity contribution in [2.24, 2.45) is 0 Å². The summed E-state index contributed by atoms with van der Waals surface area (Å²) in [4.78, 5) is 15.1. The second-order valence-corrected chi connectivity index (χ2v) is 7.86. The number of halogens is 1. The van der Waals surface area contributed by atoms with Gasteiger partial charge in [0.15, 0.2) is 5.75 Å². The molecule has 1 unspecified atom stereocenters.